The molecule has 0 aromatic carbocycles. The van der Waals surface area contributed by atoms with Crippen LogP contribution in [0.1, 0.15) is 20.8 Å². The highest BCUT2D eigenvalue weighted by Crippen LogP contribution is 2.06. The maximum atomic E-state index is 12.4. The van der Waals surface area contributed by atoms with Crippen molar-refractivity contribution >= 4 is 12.0 Å². The summed E-state index contributed by atoms with van der Waals surface area (Å²) in [5.41, 5.74) is 0. The average Bonchev–Trinajstić information content (AvgIpc) is 2.32. The van der Waals surface area contributed by atoms with Crippen molar-refractivity contribution in [3.63, 3.8) is 0 Å². The molecule has 0 aliphatic rings. The number of aliphatic carboxylic acids is 1. The van der Waals surface area contributed by atoms with E-state index < -0.39 is 11.9 Å². The van der Waals surface area contributed by atoms with Crippen molar-refractivity contribution in [2.45, 2.75) is 20.8 Å². The summed E-state index contributed by atoms with van der Waals surface area (Å²) in [5, 5.41) is 8.91. The Bertz CT molecular complexity index is 319. The molecule has 0 aliphatic carbocycles. The van der Waals surface area contributed by atoms with Gasteiger partial charge in [-0.15, -0.1) is 0 Å². The number of hydrogen-bond acceptors (Lipinski definition) is 3. The second-order valence-corrected chi connectivity index (χ2v) is 6.05. The molecule has 118 valence electrons. The lowest BCUT2D eigenvalue weighted by atomic mass is 10.2. The van der Waals surface area contributed by atoms with Crippen LogP contribution in [-0.2, 0) is 4.79 Å². The van der Waals surface area contributed by atoms with Gasteiger partial charge in [-0.25, -0.2) is 4.79 Å². The first kappa shape index (κ1) is 18.7. The molecule has 0 aromatic rings. The first-order chi connectivity index (χ1) is 9.15. The van der Waals surface area contributed by atoms with E-state index in [1.165, 1.54) is 4.90 Å². The number of carbonyl (C=O) groups excluding carboxylic acids is 1. The fourth-order valence-electron chi connectivity index (χ4n) is 1.83. The summed E-state index contributed by atoms with van der Waals surface area (Å²) < 4.78 is 0. The number of carboxylic acids is 1. The summed E-state index contributed by atoms with van der Waals surface area (Å²) in [6.45, 7) is 8.09. The van der Waals surface area contributed by atoms with E-state index in [9.17, 15) is 9.59 Å². The van der Waals surface area contributed by atoms with E-state index in [-0.39, 0.29) is 12.6 Å². The lowest BCUT2D eigenvalue weighted by Crippen LogP contribution is -2.47. The van der Waals surface area contributed by atoms with Gasteiger partial charge in [0.1, 0.15) is 0 Å². The van der Waals surface area contributed by atoms with Crippen LogP contribution in [0.5, 0.6) is 0 Å². The summed E-state index contributed by atoms with van der Waals surface area (Å²) in [6.07, 6.45) is 0. The Labute approximate surface area is 122 Å². The van der Waals surface area contributed by atoms with Crippen molar-refractivity contribution in [3.8, 4) is 0 Å². The van der Waals surface area contributed by atoms with Crippen LogP contribution in [0.15, 0.2) is 0 Å². The third-order valence-corrected chi connectivity index (χ3v) is 2.97. The molecule has 1 N–H and O–H groups in total. The number of likely N-dealkylation sites (N-methyl/N-ethyl adjacent to an activating group) is 1. The molecular formula is C14H29N3O3. The van der Waals surface area contributed by atoms with Gasteiger partial charge < -0.3 is 19.8 Å². The third-order valence-electron chi connectivity index (χ3n) is 2.97. The molecule has 20 heavy (non-hydrogen) atoms. The fourth-order valence-corrected chi connectivity index (χ4v) is 1.83. The minimum atomic E-state index is -0.881. The first-order valence-corrected chi connectivity index (χ1v) is 7.02. The van der Waals surface area contributed by atoms with Crippen LogP contribution in [-0.4, -0.2) is 79.1 Å². The van der Waals surface area contributed by atoms with Gasteiger partial charge in [-0.3, -0.25) is 4.79 Å². The average molecular weight is 287 g/mol. The Morgan fingerprint density at radius 2 is 1.55 bits per heavy atom. The molecule has 6 heteroatoms. The van der Waals surface area contributed by atoms with Gasteiger partial charge in [0.25, 0.3) is 0 Å². The van der Waals surface area contributed by atoms with Gasteiger partial charge in [0.15, 0.2) is 0 Å². The van der Waals surface area contributed by atoms with E-state index in [0.717, 1.165) is 6.54 Å². The summed E-state index contributed by atoms with van der Waals surface area (Å²) in [7, 11) is 5.59. The van der Waals surface area contributed by atoms with Gasteiger partial charge in [-0.1, -0.05) is 20.8 Å². The van der Waals surface area contributed by atoms with Crippen LogP contribution in [0.4, 0.5) is 4.79 Å². The van der Waals surface area contributed by atoms with Crippen LogP contribution in [0.2, 0.25) is 0 Å². The standard InChI is InChI=1S/C14H29N3O3/c1-11(2)9-17(8-7-15(4)5)14(20)16(6)10-12(3)13(18)19/h11-12H,7-10H2,1-6H3,(H,18,19). The molecular weight excluding hydrogens is 258 g/mol. The molecule has 0 spiro atoms. The molecule has 2 amide bonds. The normalized spacial score (nSPS) is 12.6. The van der Waals surface area contributed by atoms with Gasteiger partial charge in [0, 0.05) is 33.2 Å². The van der Waals surface area contributed by atoms with Gasteiger partial charge in [0.2, 0.25) is 0 Å². The summed E-state index contributed by atoms with van der Waals surface area (Å²) in [4.78, 5) is 28.6. The number of hydrogen-bond donors (Lipinski definition) is 1. The molecule has 0 fully saturated rings. The number of carboxylic acid groups (broad SMARTS) is 1. The lowest BCUT2D eigenvalue weighted by Gasteiger charge is -2.31. The monoisotopic (exact) mass is 287 g/mol. The lowest BCUT2D eigenvalue weighted by molar-refractivity contribution is -0.141. The molecule has 0 saturated carbocycles. The van der Waals surface area contributed by atoms with Crippen molar-refractivity contribution < 1.29 is 14.7 Å². The zero-order valence-electron chi connectivity index (χ0n) is 13.6. The van der Waals surface area contributed by atoms with E-state index in [0.29, 0.717) is 19.0 Å². The maximum absolute atomic E-state index is 12.4. The number of amides is 2. The molecule has 0 aliphatic heterocycles. The van der Waals surface area contributed by atoms with E-state index in [1.807, 2.05) is 19.0 Å². The van der Waals surface area contributed by atoms with E-state index >= 15 is 0 Å². The SMILES string of the molecule is CC(C)CN(CCN(C)C)C(=O)N(C)CC(C)C(=O)O. The van der Waals surface area contributed by atoms with E-state index in [2.05, 4.69) is 13.8 Å². The highest BCUT2D eigenvalue weighted by Gasteiger charge is 2.22. The third kappa shape index (κ3) is 7.33. The topological polar surface area (TPSA) is 64.1 Å². The minimum absolute atomic E-state index is 0.103. The van der Waals surface area contributed by atoms with Crippen LogP contribution in [0.3, 0.4) is 0 Å². The fraction of sp³-hybridized carbons (Fsp3) is 0.857. The van der Waals surface area contributed by atoms with Crippen LogP contribution in [0.25, 0.3) is 0 Å². The van der Waals surface area contributed by atoms with Crippen molar-refractivity contribution in [3.05, 3.63) is 0 Å². The zero-order chi connectivity index (χ0) is 15.9. The van der Waals surface area contributed by atoms with Gasteiger partial charge in [0.05, 0.1) is 5.92 Å². The number of urea groups is 1. The Kier molecular flexibility index (Phi) is 8.22. The quantitative estimate of drug-likeness (QED) is 0.730. The molecule has 0 saturated heterocycles. The molecule has 0 radical (unpaired) electrons. The van der Waals surface area contributed by atoms with E-state index in [4.69, 9.17) is 5.11 Å². The molecule has 0 rings (SSSR count). The summed E-state index contributed by atoms with van der Waals surface area (Å²) in [5.74, 6) is -1.06. The zero-order valence-corrected chi connectivity index (χ0v) is 13.6. The second kappa shape index (κ2) is 8.79. The predicted molar refractivity (Wildman–Crippen MR) is 79.8 cm³/mol. The molecule has 6 nitrogen and oxygen atoms in total. The Balaban J connectivity index is 4.62. The second-order valence-electron chi connectivity index (χ2n) is 6.05. The predicted octanol–water partition coefficient (Wildman–Crippen LogP) is 1.28. The molecule has 0 heterocycles. The Hall–Kier alpha value is -1.30. The molecule has 1 unspecified atom stereocenters. The largest absolute Gasteiger partial charge is 0.481 e. The maximum Gasteiger partial charge on any atom is 0.319 e. The summed E-state index contributed by atoms with van der Waals surface area (Å²) in [6, 6.07) is -0.103. The molecule has 0 bridgehead atoms. The van der Waals surface area contributed by atoms with Crippen molar-refractivity contribution in [2.24, 2.45) is 11.8 Å². The smallest absolute Gasteiger partial charge is 0.319 e. The van der Waals surface area contributed by atoms with Gasteiger partial charge >= 0.3 is 12.0 Å². The van der Waals surface area contributed by atoms with Crippen molar-refractivity contribution in [2.75, 3.05) is 47.3 Å². The number of nitrogens with zero attached hydrogens (tertiary/aromatic N) is 3. The van der Waals surface area contributed by atoms with Crippen molar-refractivity contribution in [1.29, 1.82) is 0 Å². The highest BCUT2D eigenvalue weighted by molar-refractivity contribution is 5.76. The minimum Gasteiger partial charge on any atom is -0.481 e. The number of rotatable bonds is 8. The van der Waals surface area contributed by atoms with Crippen LogP contribution < -0.4 is 0 Å². The van der Waals surface area contributed by atoms with Crippen molar-refractivity contribution in [1.82, 2.24) is 14.7 Å². The summed E-state index contributed by atoms with van der Waals surface area (Å²) >= 11 is 0. The van der Waals surface area contributed by atoms with Gasteiger partial charge in [-0.2, -0.15) is 0 Å². The van der Waals surface area contributed by atoms with E-state index in [1.54, 1.807) is 18.9 Å². The van der Waals surface area contributed by atoms with Crippen LogP contribution >= 0.6 is 0 Å². The van der Waals surface area contributed by atoms with Crippen LogP contribution in [0, 0.1) is 11.8 Å². The molecule has 1 atom stereocenters. The Morgan fingerprint density at radius 1 is 1.00 bits per heavy atom. The molecule has 0 aromatic heterocycles. The van der Waals surface area contributed by atoms with Gasteiger partial charge in [-0.05, 0) is 20.0 Å². The Morgan fingerprint density at radius 3 is 1.95 bits per heavy atom. The first-order valence-electron chi connectivity index (χ1n) is 7.02. The highest BCUT2D eigenvalue weighted by atomic mass is 16.4. The number of carbonyl (C=O) groups is 2.